The van der Waals surface area contributed by atoms with Crippen molar-refractivity contribution < 1.29 is 4.79 Å². The van der Waals surface area contributed by atoms with Gasteiger partial charge in [-0.05, 0) is 32.8 Å². The van der Waals surface area contributed by atoms with Crippen LogP contribution in [0.1, 0.15) is 35.5 Å². The molecule has 0 saturated heterocycles. The summed E-state index contributed by atoms with van der Waals surface area (Å²) in [6, 6.07) is 4.20. The van der Waals surface area contributed by atoms with Crippen molar-refractivity contribution in [3.8, 4) is 12.1 Å². The van der Waals surface area contributed by atoms with Crippen molar-refractivity contribution in [2.45, 2.75) is 50.8 Å². The van der Waals surface area contributed by atoms with Crippen molar-refractivity contribution >= 4 is 34.1 Å². The van der Waals surface area contributed by atoms with Crippen molar-refractivity contribution in [2.24, 2.45) is 0 Å². The smallest absolute Gasteiger partial charge is 0.226 e. The lowest BCUT2D eigenvalue weighted by Crippen LogP contribution is -2.12. The van der Waals surface area contributed by atoms with Gasteiger partial charge in [0.15, 0.2) is 5.13 Å². The second kappa shape index (κ2) is 9.37. The van der Waals surface area contributed by atoms with Crippen molar-refractivity contribution in [3.63, 3.8) is 0 Å². The first-order chi connectivity index (χ1) is 12.5. The van der Waals surface area contributed by atoms with Crippen LogP contribution >= 0.6 is 23.1 Å². The number of carbonyl (C=O) groups excluding carboxylic acids is 1. The van der Waals surface area contributed by atoms with Gasteiger partial charge in [0.05, 0.1) is 46.5 Å². The van der Waals surface area contributed by atoms with E-state index in [4.69, 9.17) is 10.5 Å². The van der Waals surface area contributed by atoms with Gasteiger partial charge < -0.3 is 5.32 Å². The molecule has 0 aliphatic carbocycles. The Morgan fingerprint density at radius 1 is 1.27 bits per heavy atom. The molecular formula is C17H20N6OS2. The summed E-state index contributed by atoms with van der Waals surface area (Å²) in [6.45, 7) is 6.32. The maximum absolute atomic E-state index is 12.2. The third-order valence-corrected chi connectivity index (χ3v) is 6.14. The Kier molecular flexibility index (Phi) is 7.19. The summed E-state index contributed by atoms with van der Waals surface area (Å²) >= 11 is 2.82. The van der Waals surface area contributed by atoms with E-state index >= 15 is 0 Å². The highest BCUT2D eigenvalue weighted by Gasteiger charge is 2.15. The van der Waals surface area contributed by atoms with Crippen LogP contribution in [0.15, 0.2) is 4.21 Å². The van der Waals surface area contributed by atoms with Crippen LogP contribution in [-0.2, 0) is 17.8 Å². The molecule has 1 N–H and O–H groups in total. The number of anilines is 1. The summed E-state index contributed by atoms with van der Waals surface area (Å²) in [5.74, 6) is 0.268. The number of hydrogen-bond donors (Lipinski definition) is 1. The van der Waals surface area contributed by atoms with Crippen LogP contribution in [0.25, 0.3) is 0 Å². The molecule has 0 unspecified atom stereocenters. The molecule has 0 spiro atoms. The first kappa shape index (κ1) is 20.0. The monoisotopic (exact) mass is 388 g/mol. The van der Waals surface area contributed by atoms with Crippen molar-refractivity contribution in [1.82, 2.24) is 14.8 Å². The molecule has 0 aromatic carbocycles. The van der Waals surface area contributed by atoms with Crippen molar-refractivity contribution in [1.29, 1.82) is 10.5 Å². The van der Waals surface area contributed by atoms with E-state index in [1.165, 1.54) is 23.1 Å². The van der Waals surface area contributed by atoms with E-state index in [2.05, 4.69) is 27.5 Å². The Balaban J connectivity index is 1.94. The van der Waals surface area contributed by atoms with Gasteiger partial charge in [-0.3, -0.25) is 9.48 Å². The minimum Gasteiger partial charge on any atom is -0.302 e. The molecule has 7 nitrogen and oxygen atoms in total. The van der Waals surface area contributed by atoms with Crippen LogP contribution in [0, 0.1) is 43.4 Å². The molecule has 1 amide bonds. The van der Waals surface area contributed by atoms with Crippen LogP contribution in [0.2, 0.25) is 0 Å². The van der Waals surface area contributed by atoms with Crippen LogP contribution < -0.4 is 5.32 Å². The molecule has 2 heterocycles. The molecule has 2 rings (SSSR count). The largest absolute Gasteiger partial charge is 0.302 e. The summed E-state index contributed by atoms with van der Waals surface area (Å²) in [7, 11) is 0. The van der Waals surface area contributed by atoms with E-state index in [-0.39, 0.29) is 5.91 Å². The molecule has 0 bridgehead atoms. The second-order valence-corrected chi connectivity index (χ2v) is 7.91. The Labute approximate surface area is 161 Å². The lowest BCUT2D eigenvalue weighted by molar-refractivity contribution is -0.116. The van der Waals surface area contributed by atoms with Crippen molar-refractivity contribution in [3.05, 3.63) is 22.6 Å². The minimum absolute atomic E-state index is 0.0980. The SMILES string of the molecule is Cc1nc(NC(=O)CCc2c(C)nn(CCC#N)c2C)sc1SCC#N. The molecule has 2 aromatic rings. The summed E-state index contributed by atoms with van der Waals surface area (Å²) in [5.41, 5.74) is 3.79. The van der Waals surface area contributed by atoms with E-state index in [0.717, 1.165) is 26.9 Å². The highest BCUT2D eigenvalue weighted by molar-refractivity contribution is 8.01. The predicted octanol–water partition coefficient (Wildman–Crippen LogP) is 3.37. The fourth-order valence-corrected chi connectivity index (χ4v) is 4.37. The van der Waals surface area contributed by atoms with Crippen LogP contribution in [-0.4, -0.2) is 26.4 Å². The number of aromatic nitrogens is 3. The standard InChI is InChI=1S/C17H20N6OS2/c1-11-14(13(3)23(22-11)9-4-7-18)5-6-15(24)21-17-20-12(2)16(26-17)25-10-8-19/h4-6,9-10H2,1-3H3,(H,20,21,24). The average molecular weight is 389 g/mol. The average Bonchev–Trinajstić information content (AvgIpc) is 3.08. The highest BCUT2D eigenvalue weighted by atomic mass is 32.2. The summed E-state index contributed by atoms with van der Waals surface area (Å²) in [4.78, 5) is 16.6. The third-order valence-electron chi connectivity index (χ3n) is 3.84. The van der Waals surface area contributed by atoms with E-state index in [1.807, 2.05) is 25.5 Å². The van der Waals surface area contributed by atoms with Crippen molar-refractivity contribution in [2.75, 3.05) is 11.1 Å². The van der Waals surface area contributed by atoms with E-state index in [9.17, 15) is 4.79 Å². The predicted molar refractivity (Wildman–Crippen MR) is 102 cm³/mol. The molecular weight excluding hydrogens is 368 g/mol. The Bertz CT molecular complexity index is 871. The minimum atomic E-state index is -0.0980. The number of rotatable bonds is 8. The van der Waals surface area contributed by atoms with E-state index in [0.29, 0.717) is 36.7 Å². The number of carbonyl (C=O) groups is 1. The molecule has 0 aliphatic heterocycles. The second-order valence-electron chi connectivity index (χ2n) is 5.67. The normalized spacial score (nSPS) is 10.3. The highest BCUT2D eigenvalue weighted by Crippen LogP contribution is 2.31. The summed E-state index contributed by atoms with van der Waals surface area (Å²) in [6.07, 6.45) is 1.35. The zero-order valence-electron chi connectivity index (χ0n) is 15.0. The fraction of sp³-hybridized carbons (Fsp3) is 0.471. The maximum atomic E-state index is 12.2. The molecule has 0 fully saturated rings. The molecule has 136 valence electrons. The lowest BCUT2D eigenvalue weighted by Gasteiger charge is -2.04. The number of aryl methyl sites for hydroxylation is 3. The number of nitrogens with zero attached hydrogens (tertiary/aromatic N) is 5. The van der Waals surface area contributed by atoms with Gasteiger partial charge in [0.1, 0.15) is 0 Å². The zero-order valence-corrected chi connectivity index (χ0v) is 16.6. The van der Waals surface area contributed by atoms with Gasteiger partial charge in [0, 0.05) is 12.1 Å². The molecule has 2 aromatic heterocycles. The van der Waals surface area contributed by atoms with E-state index in [1.54, 1.807) is 0 Å². The molecule has 9 heteroatoms. The first-order valence-electron chi connectivity index (χ1n) is 8.13. The number of nitrogens with one attached hydrogen (secondary N) is 1. The molecule has 0 aliphatic rings. The summed E-state index contributed by atoms with van der Waals surface area (Å²) in [5, 5.41) is 25.2. The maximum Gasteiger partial charge on any atom is 0.226 e. The molecule has 0 atom stereocenters. The number of nitriles is 2. The number of hydrogen-bond acceptors (Lipinski definition) is 7. The zero-order chi connectivity index (χ0) is 19.1. The van der Waals surface area contributed by atoms with Gasteiger partial charge in [0.25, 0.3) is 0 Å². The van der Waals surface area contributed by atoms with Gasteiger partial charge in [-0.2, -0.15) is 15.6 Å². The number of thioether (sulfide) groups is 1. The van der Waals surface area contributed by atoms with Gasteiger partial charge >= 0.3 is 0 Å². The number of thiazole rings is 1. The van der Waals surface area contributed by atoms with Crippen LogP contribution in [0.4, 0.5) is 5.13 Å². The first-order valence-corrected chi connectivity index (χ1v) is 9.93. The Morgan fingerprint density at radius 2 is 2.04 bits per heavy atom. The molecule has 26 heavy (non-hydrogen) atoms. The Morgan fingerprint density at radius 3 is 2.73 bits per heavy atom. The molecule has 0 radical (unpaired) electrons. The quantitative estimate of drug-likeness (QED) is 0.695. The van der Waals surface area contributed by atoms with Crippen LogP contribution in [0.3, 0.4) is 0 Å². The van der Waals surface area contributed by atoms with Gasteiger partial charge in [-0.15, -0.1) is 0 Å². The van der Waals surface area contributed by atoms with Gasteiger partial charge in [0.2, 0.25) is 5.91 Å². The van der Waals surface area contributed by atoms with Crippen LogP contribution in [0.5, 0.6) is 0 Å². The van der Waals surface area contributed by atoms with Gasteiger partial charge in [-0.25, -0.2) is 4.98 Å². The van der Waals surface area contributed by atoms with Gasteiger partial charge in [-0.1, -0.05) is 23.1 Å². The fourth-order valence-electron chi connectivity index (χ4n) is 2.56. The lowest BCUT2D eigenvalue weighted by atomic mass is 10.1. The molecule has 0 saturated carbocycles. The summed E-state index contributed by atoms with van der Waals surface area (Å²) < 4.78 is 2.78. The third kappa shape index (κ3) is 5.07. The van der Waals surface area contributed by atoms with E-state index < -0.39 is 0 Å². The number of amides is 1. The Hall–Kier alpha value is -2.36. The topological polar surface area (TPSA) is 107 Å².